The van der Waals surface area contributed by atoms with Crippen LogP contribution in [0.2, 0.25) is 0 Å². The molecule has 0 spiro atoms. The van der Waals surface area contributed by atoms with Crippen LogP contribution in [0.1, 0.15) is 32.4 Å². The lowest BCUT2D eigenvalue weighted by atomic mass is 10.1. The molecule has 108 valence electrons. The van der Waals surface area contributed by atoms with E-state index in [0.29, 0.717) is 5.75 Å². The summed E-state index contributed by atoms with van der Waals surface area (Å²) in [5, 5.41) is 2.80. The van der Waals surface area contributed by atoms with E-state index < -0.39 is 9.84 Å². The van der Waals surface area contributed by atoms with Gasteiger partial charge < -0.3 is 10.1 Å². The van der Waals surface area contributed by atoms with Crippen LogP contribution in [0.25, 0.3) is 0 Å². The second-order valence-electron chi connectivity index (χ2n) is 4.84. The number of nitrogens with one attached hydrogen (secondary N) is 1. The van der Waals surface area contributed by atoms with Crippen molar-refractivity contribution >= 4 is 9.84 Å². The number of rotatable bonds is 7. The van der Waals surface area contributed by atoms with Gasteiger partial charge in [0.1, 0.15) is 12.4 Å². The number of ether oxygens (including phenoxy) is 1. The minimum absolute atomic E-state index is 0.0549. The molecule has 0 aromatic heterocycles. The summed E-state index contributed by atoms with van der Waals surface area (Å²) in [6, 6.07) is 7.98. The first-order valence-electron chi connectivity index (χ1n) is 6.48. The molecule has 0 aliphatic carbocycles. The van der Waals surface area contributed by atoms with E-state index in [1.807, 2.05) is 31.3 Å². The molecule has 0 aliphatic heterocycles. The van der Waals surface area contributed by atoms with E-state index in [1.54, 1.807) is 13.8 Å². The van der Waals surface area contributed by atoms with Gasteiger partial charge in [-0.1, -0.05) is 12.1 Å². The topological polar surface area (TPSA) is 55.4 Å². The zero-order valence-electron chi connectivity index (χ0n) is 12.0. The summed E-state index contributed by atoms with van der Waals surface area (Å²) >= 11 is 0. The van der Waals surface area contributed by atoms with Crippen molar-refractivity contribution in [3.05, 3.63) is 29.8 Å². The van der Waals surface area contributed by atoms with Crippen molar-refractivity contribution in [1.29, 1.82) is 0 Å². The Kier molecular flexibility index (Phi) is 5.82. The Hall–Kier alpha value is -1.07. The van der Waals surface area contributed by atoms with Crippen molar-refractivity contribution in [1.82, 2.24) is 5.32 Å². The third-order valence-electron chi connectivity index (χ3n) is 3.17. The molecule has 0 aliphatic rings. The van der Waals surface area contributed by atoms with Crippen LogP contribution in [0.15, 0.2) is 24.3 Å². The van der Waals surface area contributed by atoms with E-state index in [-0.39, 0.29) is 23.7 Å². The molecule has 0 fully saturated rings. The lowest BCUT2D eigenvalue weighted by Gasteiger charge is -2.12. The SMILES string of the molecule is CNC(C)c1ccc(OCCS(=O)(=O)C(C)C)cc1. The zero-order chi connectivity index (χ0) is 14.5. The first-order valence-corrected chi connectivity index (χ1v) is 8.20. The Balaban J connectivity index is 2.51. The molecule has 19 heavy (non-hydrogen) atoms. The first-order chi connectivity index (χ1) is 8.86. The minimum Gasteiger partial charge on any atom is -0.493 e. The Morgan fingerprint density at radius 3 is 2.21 bits per heavy atom. The third-order valence-corrected chi connectivity index (χ3v) is 5.34. The predicted octanol–water partition coefficient (Wildman–Crippen LogP) is 2.17. The van der Waals surface area contributed by atoms with E-state index >= 15 is 0 Å². The molecular formula is C14H23NO3S. The standard InChI is InChI=1S/C14H23NO3S/c1-11(2)19(16,17)10-9-18-14-7-5-13(6-8-14)12(3)15-4/h5-8,11-12,15H,9-10H2,1-4H3. The Labute approximate surface area is 116 Å². The van der Waals surface area contributed by atoms with Gasteiger partial charge >= 0.3 is 0 Å². The lowest BCUT2D eigenvalue weighted by Crippen LogP contribution is -2.22. The van der Waals surface area contributed by atoms with Crippen molar-refractivity contribution in [2.45, 2.75) is 32.1 Å². The second-order valence-corrected chi connectivity index (χ2v) is 7.52. The van der Waals surface area contributed by atoms with Gasteiger partial charge in [0.15, 0.2) is 9.84 Å². The van der Waals surface area contributed by atoms with Crippen LogP contribution < -0.4 is 10.1 Å². The van der Waals surface area contributed by atoms with Gasteiger partial charge in [0.25, 0.3) is 0 Å². The van der Waals surface area contributed by atoms with Crippen molar-refractivity contribution in [3.8, 4) is 5.75 Å². The minimum atomic E-state index is -3.03. The molecule has 0 saturated carbocycles. The smallest absolute Gasteiger partial charge is 0.155 e. The molecule has 1 atom stereocenters. The van der Waals surface area contributed by atoms with E-state index in [2.05, 4.69) is 12.2 Å². The van der Waals surface area contributed by atoms with Crippen molar-refractivity contribution in [2.24, 2.45) is 0 Å². The van der Waals surface area contributed by atoms with E-state index in [9.17, 15) is 8.42 Å². The van der Waals surface area contributed by atoms with Crippen LogP contribution >= 0.6 is 0 Å². The third kappa shape index (κ3) is 4.84. The maximum absolute atomic E-state index is 11.6. The highest BCUT2D eigenvalue weighted by Gasteiger charge is 2.15. The van der Waals surface area contributed by atoms with E-state index in [0.717, 1.165) is 0 Å². The fraction of sp³-hybridized carbons (Fsp3) is 0.571. The molecule has 4 nitrogen and oxygen atoms in total. The van der Waals surface area contributed by atoms with Gasteiger partial charge in [-0.25, -0.2) is 8.42 Å². The average Bonchev–Trinajstić information content (AvgIpc) is 2.38. The molecule has 1 rings (SSSR count). The highest BCUT2D eigenvalue weighted by molar-refractivity contribution is 7.91. The molecule has 0 saturated heterocycles. The quantitative estimate of drug-likeness (QED) is 0.834. The van der Waals surface area contributed by atoms with Crippen molar-refractivity contribution in [2.75, 3.05) is 19.4 Å². The molecular weight excluding hydrogens is 262 g/mol. The molecule has 1 unspecified atom stereocenters. The monoisotopic (exact) mass is 285 g/mol. The van der Waals surface area contributed by atoms with Crippen LogP contribution in [0.5, 0.6) is 5.75 Å². The van der Waals surface area contributed by atoms with Gasteiger partial charge in [-0.05, 0) is 45.5 Å². The Morgan fingerprint density at radius 1 is 1.16 bits per heavy atom. The van der Waals surface area contributed by atoms with Gasteiger partial charge in [0.2, 0.25) is 0 Å². The van der Waals surface area contributed by atoms with Crippen molar-refractivity contribution < 1.29 is 13.2 Å². The summed E-state index contributed by atoms with van der Waals surface area (Å²) in [6.07, 6.45) is 0. The lowest BCUT2D eigenvalue weighted by molar-refractivity contribution is 0.340. The average molecular weight is 285 g/mol. The highest BCUT2D eigenvalue weighted by atomic mass is 32.2. The molecule has 1 N–H and O–H groups in total. The summed E-state index contributed by atoms with van der Waals surface area (Å²) in [7, 11) is -1.12. The maximum atomic E-state index is 11.6. The first kappa shape index (κ1) is 16.0. The van der Waals surface area contributed by atoms with Crippen LogP contribution in [-0.4, -0.2) is 33.1 Å². The van der Waals surface area contributed by atoms with Gasteiger partial charge in [-0.2, -0.15) is 0 Å². The molecule has 5 heteroatoms. The Morgan fingerprint density at radius 2 is 1.74 bits per heavy atom. The van der Waals surface area contributed by atoms with Gasteiger partial charge in [0.05, 0.1) is 11.0 Å². The van der Waals surface area contributed by atoms with Crippen molar-refractivity contribution in [3.63, 3.8) is 0 Å². The van der Waals surface area contributed by atoms with Crippen LogP contribution in [-0.2, 0) is 9.84 Å². The molecule has 0 heterocycles. The number of sulfone groups is 1. The van der Waals surface area contributed by atoms with Crippen LogP contribution in [0, 0.1) is 0 Å². The summed E-state index contributed by atoms with van der Waals surface area (Å²) in [6.45, 7) is 5.64. The van der Waals surface area contributed by atoms with E-state index in [1.165, 1.54) is 5.56 Å². The van der Waals surface area contributed by atoms with Crippen LogP contribution in [0.3, 0.4) is 0 Å². The summed E-state index contributed by atoms with van der Waals surface area (Å²) < 4.78 is 28.7. The van der Waals surface area contributed by atoms with E-state index in [4.69, 9.17) is 4.74 Å². The summed E-state index contributed by atoms with van der Waals surface area (Å²) in [5.74, 6) is 0.755. The second kappa shape index (κ2) is 6.91. The Bertz CT molecular complexity index is 480. The summed E-state index contributed by atoms with van der Waals surface area (Å²) in [4.78, 5) is 0. The summed E-state index contributed by atoms with van der Waals surface area (Å²) in [5.41, 5.74) is 1.17. The number of hydrogen-bond donors (Lipinski definition) is 1. The maximum Gasteiger partial charge on any atom is 0.155 e. The fourth-order valence-electron chi connectivity index (χ4n) is 1.53. The molecule has 0 amide bonds. The number of hydrogen-bond acceptors (Lipinski definition) is 4. The highest BCUT2D eigenvalue weighted by Crippen LogP contribution is 2.17. The molecule has 0 radical (unpaired) electrons. The van der Waals surface area contributed by atoms with Crippen LogP contribution in [0.4, 0.5) is 0 Å². The predicted molar refractivity (Wildman–Crippen MR) is 78.3 cm³/mol. The van der Waals surface area contributed by atoms with Gasteiger partial charge in [-0.15, -0.1) is 0 Å². The molecule has 1 aromatic carbocycles. The normalized spacial score (nSPS) is 13.5. The molecule has 1 aromatic rings. The fourth-order valence-corrected chi connectivity index (χ4v) is 2.32. The van der Waals surface area contributed by atoms with Gasteiger partial charge in [-0.3, -0.25) is 0 Å². The number of benzene rings is 1. The largest absolute Gasteiger partial charge is 0.493 e. The van der Waals surface area contributed by atoms with Gasteiger partial charge in [0, 0.05) is 6.04 Å². The zero-order valence-corrected chi connectivity index (χ0v) is 12.8. The molecule has 0 bridgehead atoms.